The van der Waals surface area contributed by atoms with E-state index in [1.54, 1.807) is 0 Å². The van der Waals surface area contributed by atoms with Crippen molar-refractivity contribution in [2.75, 3.05) is 0 Å². The van der Waals surface area contributed by atoms with Gasteiger partial charge < -0.3 is 22.1 Å². The fourth-order valence-corrected chi connectivity index (χ4v) is 2.94. The van der Waals surface area contributed by atoms with Crippen LogP contribution >= 0.6 is 0 Å². The summed E-state index contributed by atoms with van der Waals surface area (Å²) < 4.78 is 0. The van der Waals surface area contributed by atoms with Crippen LogP contribution in [0.15, 0.2) is 30.3 Å². The molecule has 0 fully saturated rings. The Balaban J connectivity index is 2.83. The van der Waals surface area contributed by atoms with Crippen LogP contribution in [-0.4, -0.2) is 35.8 Å². The van der Waals surface area contributed by atoms with Crippen molar-refractivity contribution in [1.29, 1.82) is 0 Å². The molecular weight excluding hydrogens is 356 g/mol. The molecule has 0 bridgehead atoms. The molecule has 0 aliphatic rings. The molecule has 7 nitrogen and oxygen atoms in total. The standard InChI is InChI=1S/C21H34N4O3/c1-13(2)10-16(22)20(27)25-18(11-14(3)4)21(28)24-17(19(23)26)12-15-8-6-5-7-9-15/h5-9,13-14,16-18H,10-12,22H2,1-4H3,(H2,23,26)(H,24,28)(H,25,27)/t16-,17-,18-/m0/s1. The van der Waals surface area contributed by atoms with E-state index in [9.17, 15) is 14.4 Å². The van der Waals surface area contributed by atoms with Crippen LogP contribution in [0.2, 0.25) is 0 Å². The summed E-state index contributed by atoms with van der Waals surface area (Å²) in [6, 6.07) is 6.99. The summed E-state index contributed by atoms with van der Waals surface area (Å²) in [5, 5.41) is 5.42. The summed E-state index contributed by atoms with van der Waals surface area (Å²) in [5.74, 6) is -0.989. The summed E-state index contributed by atoms with van der Waals surface area (Å²) in [7, 11) is 0. The second-order valence-corrected chi connectivity index (χ2v) is 8.08. The van der Waals surface area contributed by atoms with Crippen LogP contribution in [0.1, 0.15) is 46.1 Å². The zero-order chi connectivity index (χ0) is 21.3. The molecule has 0 aliphatic heterocycles. The molecule has 0 radical (unpaired) electrons. The highest BCUT2D eigenvalue weighted by Crippen LogP contribution is 2.09. The Hall–Kier alpha value is -2.41. The Kier molecular flexibility index (Phi) is 9.65. The average Bonchev–Trinajstić information content (AvgIpc) is 2.60. The van der Waals surface area contributed by atoms with E-state index in [1.165, 1.54) is 0 Å². The van der Waals surface area contributed by atoms with E-state index in [4.69, 9.17) is 11.5 Å². The molecule has 0 aromatic heterocycles. The van der Waals surface area contributed by atoms with Crippen molar-refractivity contribution in [2.45, 2.75) is 65.1 Å². The molecule has 1 aromatic rings. The highest BCUT2D eigenvalue weighted by Gasteiger charge is 2.28. The van der Waals surface area contributed by atoms with Crippen molar-refractivity contribution in [3.63, 3.8) is 0 Å². The monoisotopic (exact) mass is 390 g/mol. The van der Waals surface area contributed by atoms with Crippen LogP contribution in [0.5, 0.6) is 0 Å². The molecule has 0 saturated carbocycles. The number of carbonyl (C=O) groups excluding carboxylic acids is 3. The van der Waals surface area contributed by atoms with Gasteiger partial charge in [-0.1, -0.05) is 58.0 Å². The van der Waals surface area contributed by atoms with E-state index >= 15 is 0 Å². The number of hydrogen-bond donors (Lipinski definition) is 4. The van der Waals surface area contributed by atoms with Crippen molar-refractivity contribution in [3.05, 3.63) is 35.9 Å². The third kappa shape index (κ3) is 8.52. The minimum absolute atomic E-state index is 0.165. The van der Waals surface area contributed by atoms with E-state index in [-0.39, 0.29) is 24.2 Å². The van der Waals surface area contributed by atoms with E-state index in [0.717, 1.165) is 5.56 Å². The molecule has 0 heterocycles. The minimum Gasteiger partial charge on any atom is -0.368 e. The maximum Gasteiger partial charge on any atom is 0.243 e. The predicted octanol–water partition coefficient (Wildman–Crippen LogP) is 1.10. The maximum absolute atomic E-state index is 12.8. The Morgan fingerprint density at radius 1 is 0.857 bits per heavy atom. The van der Waals surface area contributed by atoms with Crippen molar-refractivity contribution < 1.29 is 14.4 Å². The lowest BCUT2D eigenvalue weighted by Gasteiger charge is -2.25. The van der Waals surface area contributed by atoms with E-state index in [2.05, 4.69) is 10.6 Å². The van der Waals surface area contributed by atoms with Crippen LogP contribution < -0.4 is 22.1 Å². The van der Waals surface area contributed by atoms with Crippen LogP contribution in [0.25, 0.3) is 0 Å². The lowest BCUT2D eigenvalue weighted by Crippen LogP contribution is -2.56. The molecule has 0 aliphatic carbocycles. The first-order valence-corrected chi connectivity index (χ1v) is 9.79. The second-order valence-electron chi connectivity index (χ2n) is 8.08. The van der Waals surface area contributed by atoms with Crippen molar-refractivity contribution in [1.82, 2.24) is 10.6 Å². The van der Waals surface area contributed by atoms with Crippen LogP contribution in [0.4, 0.5) is 0 Å². The van der Waals surface area contributed by atoms with Gasteiger partial charge in [0.15, 0.2) is 0 Å². The minimum atomic E-state index is -0.856. The summed E-state index contributed by atoms with van der Waals surface area (Å²) in [6.07, 6.45) is 1.25. The third-order valence-corrected chi connectivity index (χ3v) is 4.34. The molecule has 7 heteroatoms. The fourth-order valence-electron chi connectivity index (χ4n) is 2.94. The van der Waals surface area contributed by atoms with Gasteiger partial charge in [-0.05, 0) is 30.2 Å². The summed E-state index contributed by atoms with van der Waals surface area (Å²) in [4.78, 5) is 37.0. The lowest BCUT2D eigenvalue weighted by atomic mass is 9.99. The number of nitrogens with one attached hydrogen (secondary N) is 2. The maximum atomic E-state index is 12.8. The van der Waals surface area contributed by atoms with Crippen LogP contribution in [0, 0.1) is 11.8 Å². The molecule has 3 atom stereocenters. The number of benzene rings is 1. The van der Waals surface area contributed by atoms with Gasteiger partial charge >= 0.3 is 0 Å². The smallest absolute Gasteiger partial charge is 0.243 e. The van der Waals surface area contributed by atoms with Gasteiger partial charge in [0.05, 0.1) is 6.04 Å². The van der Waals surface area contributed by atoms with Gasteiger partial charge in [0.25, 0.3) is 0 Å². The molecule has 156 valence electrons. The highest BCUT2D eigenvalue weighted by molar-refractivity contribution is 5.92. The Morgan fingerprint density at radius 3 is 1.89 bits per heavy atom. The van der Waals surface area contributed by atoms with E-state index in [0.29, 0.717) is 12.8 Å². The van der Waals surface area contributed by atoms with Gasteiger partial charge in [0, 0.05) is 6.42 Å². The number of amides is 3. The third-order valence-electron chi connectivity index (χ3n) is 4.34. The van der Waals surface area contributed by atoms with Crippen molar-refractivity contribution >= 4 is 17.7 Å². The highest BCUT2D eigenvalue weighted by atomic mass is 16.2. The van der Waals surface area contributed by atoms with Crippen molar-refractivity contribution in [3.8, 4) is 0 Å². The molecule has 1 aromatic carbocycles. The van der Waals surface area contributed by atoms with Crippen LogP contribution in [0.3, 0.4) is 0 Å². The Bertz CT molecular complexity index is 646. The molecule has 1 rings (SSSR count). The number of hydrogen-bond acceptors (Lipinski definition) is 4. The number of primary amides is 1. The Morgan fingerprint density at radius 2 is 1.39 bits per heavy atom. The normalized spacial score (nSPS) is 14.4. The van der Waals surface area contributed by atoms with Gasteiger partial charge in [-0.3, -0.25) is 14.4 Å². The number of rotatable bonds is 11. The predicted molar refractivity (Wildman–Crippen MR) is 110 cm³/mol. The van der Waals surface area contributed by atoms with Gasteiger partial charge in [-0.2, -0.15) is 0 Å². The number of nitrogens with two attached hydrogens (primary N) is 2. The topological polar surface area (TPSA) is 127 Å². The summed E-state index contributed by atoms with van der Waals surface area (Å²) in [5.41, 5.74) is 12.3. The van der Waals surface area contributed by atoms with Gasteiger partial charge in [0.2, 0.25) is 17.7 Å². The quantitative estimate of drug-likeness (QED) is 0.451. The fraction of sp³-hybridized carbons (Fsp3) is 0.571. The van der Waals surface area contributed by atoms with Gasteiger partial charge in [0.1, 0.15) is 12.1 Å². The Labute approximate surface area is 167 Å². The van der Waals surface area contributed by atoms with Crippen LogP contribution in [-0.2, 0) is 20.8 Å². The molecule has 3 amide bonds. The molecule has 0 saturated heterocycles. The zero-order valence-corrected chi connectivity index (χ0v) is 17.3. The number of carbonyl (C=O) groups is 3. The summed E-state index contributed by atoms with van der Waals surface area (Å²) in [6.45, 7) is 7.87. The van der Waals surface area contributed by atoms with E-state index in [1.807, 2.05) is 58.0 Å². The van der Waals surface area contributed by atoms with Gasteiger partial charge in [-0.15, -0.1) is 0 Å². The van der Waals surface area contributed by atoms with E-state index < -0.39 is 29.9 Å². The van der Waals surface area contributed by atoms with Crippen molar-refractivity contribution in [2.24, 2.45) is 23.3 Å². The first-order valence-electron chi connectivity index (χ1n) is 9.79. The molecule has 0 unspecified atom stereocenters. The molecule has 0 spiro atoms. The molecule has 28 heavy (non-hydrogen) atoms. The first-order chi connectivity index (χ1) is 13.1. The zero-order valence-electron chi connectivity index (χ0n) is 17.3. The molecule has 6 N–H and O–H groups in total. The average molecular weight is 391 g/mol. The SMILES string of the molecule is CC(C)C[C@H](NC(=O)[C@@H](N)CC(C)C)C(=O)N[C@@H](Cc1ccccc1)C(N)=O. The summed E-state index contributed by atoms with van der Waals surface area (Å²) >= 11 is 0. The van der Waals surface area contributed by atoms with Gasteiger partial charge in [-0.25, -0.2) is 0 Å². The lowest BCUT2D eigenvalue weighted by molar-refractivity contribution is -0.132. The second kappa shape index (κ2) is 11.4. The largest absolute Gasteiger partial charge is 0.368 e. The first kappa shape index (κ1) is 23.6. The molecular formula is C21H34N4O3.